The van der Waals surface area contributed by atoms with Crippen LogP contribution >= 0.6 is 0 Å². The number of unbranched alkanes of at least 4 members (excludes halogenated alkanes) is 4. The zero-order valence-electron chi connectivity index (χ0n) is 13.5. The molecule has 0 heterocycles. The van der Waals surface area contributed by atoms with Crippen molar-refractivity contribution in [3.8, 4) is 6.07 Å². The molecule has 0 aromatic heterocycles. The Morgan fingerprint density at radius 1 is 1.05 bits per heavy atom. The summed E-state index contributed by atoms with van der Waals surface area (Å²) in [6.07, 6.45) is 12.2. The Morgan fingerprint density at radius 3 is 2.33 bits per heavy atom. The second-order valence-electron chi connectivity index (χ2n) is 6.74. The number of benzene rings is 1. The summed E-state index contributed by atoms with van der Waals surface area (Å²) in [5, 5.41) is 9.65. The number of hydrogen-bond acceptors (Lipinski definition) is 1. The molecule has 1 fully saturated rings. The maximum atomic E-state index is 9.65. The molecule has 1 aromatic rings. The predicted molar refractivity (Wildman–Crippen MR) is 89.1 cm³/mol. The van der Waals surface area contributed by atoms with Gasteiger partial charge in [-0.2, -0.15) is 5.26 Å². The third-order valence-electron chi connectivity index (χ3n) is 5.21. The third-order valence-corrected chi connectivity index (χ3v) is 5.21. The van der Waals surface area contributed by atoms with Crippen molar-refractivity contribution in [2.24, 2.45) is 5.41 Å². The maximum Gasteiger partial charge on any atom is 0.0689 e. The van der Waals surface area contributed by atoms with Gasteiger partial charge in [0.15, 0.2) is 0 Å². The van der Waals surface area contributed by atoms with E-state index in [0.717, 1.165) is 19.3 Å². The van der Waals surface area contributed by atoms with Crippen LogP contribution in [0.2, 0.25) is 0 Å². The normalized spacial score (nSPS) is 25.4. The van der Waals surface area contributed by atoms with Gasteiger partial charge in [-0.05, 0) is 43.6 Å². The SMILES string of the molecule is CCCCCCCC1(C#N)CCC(c2ccccc2)CC1. The average molecular weight is 283 g/mol. The molecule has 21 heavy (non-hydrogen) atoms. The largest absolute Gasteiger partial charge is 0.198 e. The molecule has 0 radical (unpaired) electrons. The summed E-state index contributed by atoms with van der Waals surface area (Å²) in [4.78, 5) is 0. The molecule has 114 valence electrons. The van der Waals surface area contributed by atoms with Crippen LogP contribution in [-0.2, 0) is 0 Å². The number of rotatable bonds is 7. The molecule has 0 atom stereocenters. The van der Waals surface area contributed by atoms with Gasteiger partial charge >= 0.3 is 0 Å². The monoisotopic (exact) mass is 283 g/mol. The zero-order valence-corrected chi connectivity index (χ0v) is 13.5. The molecule has 1 aliphatic carbocycles. The lowest BCUT2D eigenvalue weighted by Gasteiger charge is -2.35. The van der Waals surface area contributed by atoms with E-state index < -0.39 is 0 Å². The van der Waals surface area contributed by atoms with Crippen LogP contribution < -0.4 is 0 Å². The first-order valence-corrected chi connectivity index (χ1v) is 8.76. The van der Waals surface area contributed by atoms with E-state index in [-0.39, 0.29) is 5.41 Å². The highest BCUT2D eigenvalue weighted by atomic mass is 14.4. The van der Waals surface area contributed by atoms with E-state index in [2.05, 4.69) is 43.3 Å². The van der Waals surface area contributed by atoms with Crippen molar-refractivity contribution in [2.75, 3.05) is 0 Å². The number of nitriles is 1. The molecule has 1 aliphatic rings. The zero-order chi connectivity index (χ0) is 15.0. The van der Waals surface area contributed by atoms with Crippen LogP contribution in [0.15, 0.2) is 30.3 Å². The Bertz CT molecular complexity index is 435. The van der Waals surface area contributed by atoms with Crippen molar-refractivity contribution in [1.29, 1.82) is 5.26 Å². The Kier molecular flexibility index (Phi) is 6.30. The quantitative estimate of drug-likeness (QED) is 0.545. The Labute approximate surface area is 130 Å². The smallest absolute Gasteiger partial charge is 0.0689 e. The van der Waals surface area contributed by atoms with Crippen LogP contribution in [0.5, 0.6) is 0 Å². The van der Waals surface area contributed by atoms with E-state index in [1.807, 2.05) is 0 Å². The van der Waals surface area contributed by atoms with Crippen LogP contribution in [0.25, 0.3) is 0 Å². The van der Waals surface area contributed by atoms with Crippen LogP contribution in [0.1, 0.15) is 82.6 Å². The van der Waals surface area contributed by atoms with E-state index in [4.69, 9.17) is 0 Å². The first kappa shape index (κ1) is 16.1. The minimum Gasteiger partial charge on any atom is -0.198 e. The molecule has 0 spiro atoms. The summed E-state index contributed by atoms with van der Waals surface area (Å²) >= 11 is 0. The number of hydrogen-bond donors (Lipinski definition) is 0. The second-order valence-corrected chi connectivity index (χ2v) is 6.74. The molecule has 0 bridgehead atoms. The van der Waals surface area contributed by atoms with Gasteiger partial charge in [-0.25, -0.2) is 0 Å². The molecule has 1 saturated carbocycles. The summed E-state index contributed by atoms with van der Waals surface area (Å²) in [5.74, 6) is 0.674. The summed E-state index contributed by atoms with van der Waals surface area (Å²) in [7, 11) is 0. The van der Waals surface area contributed by atoms with Crippen LogP contribution in [0.4, 0.5) is 0 Å². The van der Waals surface area contributed by atoms with Gasteiger partial charge in [-0.1, -0.05) is 69.4 Å². The fourth-order valence-electron chi connectivity index (χ4n) is 3.71. The average Bonchev–Trinajstić information content (AvgIpc) is 2.56. The molecular formula is C20H29N. The van der Waals surface area contributed by atoms with Gasteiger partial charge in [-0.15, -0.1) is 0 Å². The Hall–Kier alpha value is -1.29. The van der Waals surface area contributed by atoms with Gasteiger partial charge in [0.05, 0.1) is 11.5 Å². The molecule has 0 unspecified atom stereocenters. The van der Waals surface area contributed by atoms with E-state index in [0.29, 0.717) is 5.92 Å². The minimum atomic E-state index is -0.0164. The van der Waals surface area contributed by atoms with Gasteiger partial charge in [0.1, 0.15) is 0 Å². The fourth-order valence-corrected chi connectivity index (χ4v) is 3.71. The minimum absolute atomic E-state index is 0.0164. The summed E-state index contributed by atoms with van der Waals surface area (Å²) < 4.78 is 0. The van der Waals surface area contributed by atoms with Crippen molar-refractivity contribution in [1.82, 2.24) is 0 Å². The molecule has 0 amide bonds. The molecule has 1 heteroatoms. The second kappa shape index (κ2) is 8.23. The molecule has 0 saturated heterocycles. The lowest BCUT2D eigenvalue weighted by Crippen LogP contribution is -2.25. The van der Waals surface area contributed by atoms with Crippen LogP contribution in [-0.4, -0.2) is 0 Å². The highest BCUT2D eigenvalue weighted by Crippen LogP contribution is 2.45. The molecule has 0 N–H and O–H groups in total. The first-order valence-electron chi connectivity index (χ1n) is 8.76. The van der Waals surface area contributed by atoms with Crippen molar-refractivity contribution in [3.05, 3.63) is 35.9 Å². The summed E-state index contributed by atoms with van der Waals surface area (Å²) in [6, 6.07) is 13.5. The first-order chi connectivity index (χ1) is 10.3. The third kappa shape index (κ3) is 4.60. The van der Waals surface area contributed by atoms with E-state index in [1.54, 1.807) is 0 Å². The number of nitrogens with zero attached hydrogens (tertiary/aromatic N) is 1. The van der Waals surface area contributed by atoms with Crippen molar-refractivity contribution >= 4 is 0 Å². The fraction of sp³-hybridized carbons (Fsp3) is 0.650. The highest BCUT2D eigenvalue weighted by Gasteiger charge is 2.35. The highest BCUT2D eigenvalue weighted by molar-refractivity contribution is 5.21. The van der Waals surface area contributed by atoms with Gasteiger partial charge in [0, 0.05) is 0 Å². The van der Waals surface area contributed by atoms with E-state index in [1.165, 1.54) is 50.5 Å². The van der Waals surface area contributed by atoms with Gasteiger partial charge in [0.25, 0.3) is 0 Å². The molecule has 0 aliphatic heterocycles. The molecule has 1 nitrogen and oxygen atoms in total. The van der Waals surface area contributed by atoms with Crippen molar-refractivity contribution in [2.45, 2.75) is 77.0 Å². The van der Waals surface area contributed by atoms with Crippen molar-refractivity contribution in [3.63, 3.8) is 0 Å². The lowest BCUT2D eigenvalue weighted by molar-refractivity contribution is 0.223. The topological polar surface area (TPSA) is 23.8 Å². The van der Waals surface area contributed by atoms with Crippen LogP contribution in [0.3, 0.4) is 0 Å². The van der Waals surface area contributed by atoms with Gasteiger partial charge < -0.3 is 0 Å². The summed E-state index contributed by atoms with van der Waals surface area (Å²) in [5.41, 5.74) is 1.45. The standard InChI is InChI=1S/C20H29N/c1-2-3-4-5-9-14-20(17-21)15-12-19(13-16-20)18-10-7-6-8-11-18/h6-8,10-11,19H,2-5,9,12-16H2,1H3. The Balaban J connectivity index is 1.81. The van der Waals surface area contributed by atoms with E-state index in [9.17, 15) is 5.26 Å². The van der Waals surface area contributed by atoms with Crippen LogP contribution in [0, 0.1) is 16.7 Å². The van der Waals surface area contributed by atoms with Gasteiger partial charge in [0.2, 0.25) is 0 Å². The molecule has 1 aromatic carbocycles. The van der Waals surface area contributed by atoms with Gasteiger partial charge in [-0.3, -0.25) is 0 Å². The van der Waals surface area contributed by atoms with Crippen molar-refractivity contribution < 1.29 is 0 Å². The lowest BCUT2D eigenvalue weighted by atomic mass is 9.67. The maximum absolute atomic E-state index is 9.65. The van der Waals surface area contributed by atoms with E-state index >= 15 is 0 Å². The predicted octanol–water partition coefficient (Wildman–Crippen LogP) is 6.21. The summed E-state index contributed by atoms with van der Waals surface area (Å²) in [6.45, 7) is 2.25. The Morgan fingerprint density at radius 2 is 1.71 bits per heavy atom. The molecule has 2 rings (SSSR count). The molecular weight excluding hydrogens is 254 g/mol.